The summed E-state index contributed by atoms with van der Waals surface area (Å²) in [6.45, 7) is 0. The monoisotopic (exact) mass is 304 g/mol. The molecule has 0 amide bonds. The van der Waals surface area contributed by atoms with E-state index < -0.39 is 0 Å². The zero-order valence-corrected chi connectivity index (χ0v) is 11.6. The predicted octanol–water partition coefficient (Wildman–Crippen LogP) is 3.83. The Morgan fingerprint density at radius 3 is 2.44 bits per heavy atom. The van der Waals surface area contributed by atoms with Crippen molar-refractivity contribution in [1.29, 1.82) is 0 Å². The van der Waals surface area contributed by atoms with E-state index in [-0.39, 0.29) is 5.97 Å². The summed E-state index contributed by atoms with van der Waals surface area (Å²) in [5.41, 5.74) is 2.95. The van der Waals surface area contributed by atoms with Crippen molar-refractivity contribution < 1.29 is 9.53 Å². The van der Waals surface area contributed by atoms with Crippen molar-refractivity contribution in [2.75, 3.05) is 7.11 Å². The molecule has 0 radical (unpaired) electrons. The number of carbonyl (C=O) groups is 1. The van der Waals surface area contributed by atoms with E-state index in [1.807, 2.05) is 30.3 Å². The second-order valence-electron chi connectivity index (χ2n) is 3.97. The van der Waals surface area contributed by atoms with Crippen LogP contribution < -0.4 is 0 Å². The lowest BCUT2D eigenvalue weighted by molar-refractivity contribution is 0.0599. The van der Waals surface area contributed by atoms with Gasteiger partial charge in [-0.2, -0.15) is 0 Å². The van der Waals surface area contributed by atoms with E-state index in [9.17, 15) is 4.79 Å². The van der Waals surface area contributed by atoms with Gasteiger partial charge < -0.3 is 4.74 Å². The highest BCUT2D eigenvalue weighted by molar-refractivity contribution is 9.10. The number of carbonyl (C=O) groups excluding carboxylic acids is 1. The molecule has 0 N–H and O–H groups in total. The van der Waals surface area contributed by atoms with E-state index in [1.165, 1.54) is 12.7 Å². The molecular formula is C15H13BrO2. The highest BCUT2D eigenvalue weighted by Gasteiger charge is 2.10. The Balaban J connectivity index is 2.22. The van der Waals surface area contributed by atoms with Crippen molar-refractivity contribution in [3.63, 3.8) is 0 Å². The van der Waals surface area contributed by atoms with Gasteiger partial charge in [0.2, 0.25) is 0 Å². The molecule has 0 atom stereocenters. The lowest BCUT2D eigenvalue weighted by Crippen LogP contribution is -2.02. The topological polar surface area (TPSA) is 26.3 Å². The Hall–Kier alpha value is -1.61. The van der Waals surface area contributed by atoms with E-state index in [0.29, 0.717) is 5.56 Å². The molecule has 2 aromatic rings. The summed E-state index contributed by atoms with van der Waals surface area (Å²) in [7, 11) is 1.38. The second kappa shape index (κ2) is 5.83. The van der Waals surface area contributed by atoms with Crippen LogP contribution in [0, 0.1) is 0 Å². The zero-order valence-electron chi connectivity index (χ0n) is 10.0. The van der Waals surface area contributed by atoms with E-state index in [1.54, 1.807) is 6.07 Å². The molecule has 0 saturated heterocycles. The third-order valence-electron chi connectivity index (χ3n) is 2.69. The molecule has 0 aliphatic carbocycles. The van der Waals surface area contributed by atoms with Gasteiger partial charge in [0, 0.05) is 4.47 Å². The third-order valence-corrected chi connectivity index (χ3v) is 3.35. The minimum Gasteiger partial charge on any atom is -0.465 e. The van der Waals surface area contributed by atoms with Crippen molar-refractivity contribution in [2.45, 2.75) is 6.42 Å². The Bertz CT molecular complexity index is 550. The molecule has 18 heavy (non-hydrogen) atoms. The molecule has 92 valence electrons. The number of halogens is 1. The summed E-state index contributed by atoms with van der Waals surface area (Å²) in [5, 5.41) is 0. The number of rotatable bonds is 3. The molecule has 0 aromatic heterocycles. The van der Waals surface area contributed by atoms with E-state index in [0.717, 1.165) is 16.5 Å². The van der Waals surface area contributed by atoms with Crippen LogP contribution in [0.3, 0.4) is 0 Å². The van der Waals surface area contributed by atoms with Crippen LogP contribution in [-0.4, -0.2) is 13.1 Å². The SMILES string of the molecule is COC(=O)c1ccc(Cc2ccccc2)cc1Br. The molecule has 2 aromatic carbocycles. The highest BCUT2D eigenvalue weighted by atomic mass is 79.9. The maximum absolute atomic E-state index is 11.5. The summed E-state index contributed by atoms with van der Waals surface area (Å²) >= 11 is 3.40. The van der Waals surface area contributed by atoms with Gasteiger partial charge in [-0.15, -0.1) is 0 Å². The van der Waals surface area contributed by atoms with Crippen LogP contribution in [0.4, 0.5) is 0 Å². The summed E-state index contributed by atoms with van der Waals surface area (Å²) in [6.07, 6.45) is 0.848. The van der Waals surface area contributed by atoms with Gasteiger partial charge in [0.05, 0.1) is 12.7 Å². The Kier molecular flexibility index (Phi) is 4.15. The van der Waals surface area contributed by atoms with Crippen LogP contribution in [0.15, 0.2) is 53.0 Å². The van der Waals surface area contributed by atoms with Gasteiger partial charge in [-0.05, 0) is 45.6 Å². The normalized spacial score (nSPS) is 10.1. The smallest absolute Gasteiger partial charge is 0.338 e. The van der Waals surface area contributed by atoms with Gasteiger partial charge in [-0.25, -0.2) is 4.79 Å². The number of hydrogen-bond acceptors (Lipinski definition) is 2. The minimum absolute atomic E-state index is 0.326. The molecule has 0 bridgehead atoms. The highest BCUT2D eigenvalue weighted by Crippen LogP contribution is 2.21. The van der Waals surface area contributed by atoms with E-state index in [2.05, 4.69) is 28.1 Å². The van der Waals surface area contributed by atoms with Crippen molar-refractivity contribution in [2.24, 2.45) is 0 Å². The van der Waals surface area contributed by atoms with Crippen molar-refractivity contribution >= 4 is 21.9 Å². The first-order chi connectivity index (χ1) is 8.70. The first-order valence-corrected chi connectivity index (χ1v) is 6.40. The van der Waals surface area contributed by atoms with E-state index in [4.69, 9.17) is 4.74 Å². The van der Waals surface area contributed by atoms with Crippen molar-refractivity contribution in [3.8, 4) is 0 Å². The van der Waals surface area contributed by atoms with Gasteiger partial charge in [0.1, 0.15) is 0 Å². The second-order valence-corrected chi connectivity index (χ2v) is 4.82. The Labute approximate surface area is 115 Å². The predicted molar refractivity (Wildman–Crippen MR) is 74.7 cm³/mol. The molecule has 0 aliphatic rings. The van der Waals surface area contributed by atoms with Crippen LogP contribution in [0.2, 0.25) is 0 Å². The molecule has 0 saturated carbocycles. The number of benzene rings is 2. The summed E-state index contributed by atoms with van der Waals surface area (Å²) in [5.74, 6) is -0.326. The molecule has 0 fully saturated rings. The van der Waals surface area contributed by atoms with Crippen LogP contribution in [-0.2, 0) is 11.2 Å². The first-order valence-electron chi connectivity index (χ1n) is 5.61. The van der Waals surface area contributed by atoms with Crippen LogP contribution in [0.1, 0.15) is 21.5 Å². The van der Waals surface area contributed by atoms with Crippen molar-refractivity contribution in [1.82, 2.24) is 0 Å². The third kappa shape index (κ3) is 2.99. The lowest BCUT2D eigenvalue weighted by Gasteiger charge is -2.06. The maximum Gasteiger partial charge on any atom is 0.338 e. The van der Waals surface area contributed by atoms with Gasteiger partial charge in [-0.3, -0.25) is 0 Å². The fourth-order valence-electron chi connectivity index (χ4n) is 1.78. The fraction of sp³-hybridized carbons (Fsp3) is 0.133. The van der Waals surface area contributed by atoms with Gasteiger partial charge in [0.15, 0.2) is 0 Å². The Morgan fingerprint density at radius 1 is 1.11 bits per heavy atom. The summed E-state index contributed by atoms with van der Waals surface area (Å²) in [6, 6.07) is 15.9. The molecule has 3 heteroatoms. The minimum atomic E-state index is -0.326. The standard InChI is InChI=1S/C15H13BrO2/c1-18-15(17)13-8-7-12(10-14(13)16)9-11-5-3-2-4-6-11/h2-8,10H,9H2,1H3. The molecule has 2 nitrogen and oxygen atoms in total. The van der Waals surface area contributed by atoms with Gasteiger partial charge in [-0.1, -0.05) is 36.4 Å². The number of esters is 1. The van der Waals surface area contributed by atoms with Gasteiger partial charge >= 0.3 is 5.97 Å². The summed E-state index contributed by atoms with van der Waals surface area (Å²) < 4.78 is 5.47. The van der Waals surface area contributed by atoms with Crippen molar-refractivity contribution in [3.05, 3.63) is 69.7 Å². The molecule has 2 rings (SSSR count). The van der Waals surface area contributed by atoms with Crippen LogP contribution >= 0.6 is 15.9 Å². The number of hydrogen-bond donors (Lipinski definition) is 0. The molecule has 0 heterocycles. The molecular weight excluding hydrogens is 292 g/mol. The summed E-state index contributed by atoms with van der Waals surface area (Å²) in [4.78, 5) is 11.5. The van der Waals surface area contributed by atoms with E-state index >= 15 is 0 Å². The maximum atomic E-state index is 11.5. The Morgan fingerprint density at radius 2 is 1.83 bits per heavy atom. The van der Waals surface area contributed by atoms with Crippen LogP contribution in [0.5, 0.6) is 0 Å². The zero-order chi connectivity index (χ0) is 13.0. The quantitative estimate of drug-likeness (QED) is 0.806. The number of ether oxygens (including phenoxy) is 1. The average Bonchev–Trinajstić information content (AvgIpc) is 2.39. The fourth-order valence-corrected chi connectivity index (χ4v) is 2.36. The lowest BCUT2D eigenvalue weighted by atomic mass is 10.0. The molecule has 0 aliphatic heterocycles. The van der Waals surface area contributed by atoms with Crippen LogP contribution in [0.25, 0.3) is 0 Å². The molecule has 0 unspecified atom stereocenters. The first kappa shape index (κ1) is 12.8. The van der Waals surface area contributed by atoms with Gasteiger partial charge in [0.25, 0.3) is 0 Å². The average molecular weight is 305 g/mol. The largest absolute Gasteiger partial charge is 0.465 e. The molecule has 0 spiro atoms. The number of methoxy groups -OCH3 is 1.